The third kappa shape index (κ3) is 4.88. The smallest absolute Gasteiger partial charge is 0.335 e. The van der Waals surface area contributed by atoms with Gasteiger partial charge in [-0.05, 0) is 42.8 Å². The van der Waals surface area contributed by atoms with Gasteiger partial charge in [0, 0.05) is 11.6 Å². The average molecular weight is 368 g/mol. The lowest BCUT2D eigenvalue weighted by Gasteiger charge is -2.16. The van der Waals surface area contributed by atoms with Gasteiger partial charge in [-0.25, -0.2) is 4.79 Å². The minimum Gasteiger partial charge on any atom is -0.479 e. The highest BCUT2D eigenvalue weighted by atomic mass is 35.5. The van der Waals surface area contributed by atoms with E-state index >= 15 is 0 Å². The van der Waals surface area contributed by atoms with Crippen molar-refractivity contribution in [1.29, 1.82) is 0 Å². The van der Waals surface area contributed by atoms with E-state index in [9.17, 15) is 9.59 Å². The van der Waals surface area contributed by atoms with E-state index in [2.05, 4.69) is 5.32 Å². The Labute approximate surface area is 149 Å². The van der Waals surface area contributed by atoms with Crippen LogP contribution in [0.15, 0.2) is 42.5 Å². The molecule has 0 radical (unpaired) electrons. The van der Waals surface area contributed by atoms with Gasteiger partial charge in [-0.3, -0.25) is 4.79 Å². The van der Waals surface area contributed by atoms with Gasteiger partial charge in [0.1, 0.15) is 5.75 Å². The number of benzene rings is 2. The van der Waals surface area contributed by atoms with Crippen LogP contribution in [0.5, 0.6) is 5.75 Å². The molecule has 0 spiro atoms. The van der Waals surface area contributed by atoms with Crippen molar-refractivity contribution in [2.75, 3.05) is 0 Å². The van der Waals surface area contributed by atoms with E-state index in [0.717, 1.165) is 5.56 Å². The van der Waals surface area contributed by atoms with E-state index in [0.29, 0.717) is 15.8 Å². The number of aromatic carboxylic acids is 1. The largest absolute Gasteiger partial charge is 0.479 e. The summed E-state index contributed by atoms with van der Waals surface area (Å²) in [5.74, 6) is -0.940. The van der Waals surface area contributed by atoms with Gasteiger partial charge >= 0.3 is 5.97 Å². The zero-order chi connectivity index (χ0) is 17.7. The number of hydrogen-bond donors (Lipinski definition) is 2. The Morgan fingerprint density at radius 1 is 1.17 bits per heavy atom. The van der Waals surface area contributed by atoms with Crippen LogP contribution in [0.2, 0.25) is 10.0 Å². The van der Waals surface area contributed by atoms with E-state index in [4.69, 9.17) is 33.0 Å². The van der Waals surface area contributed by atoms with Gasteiger partial charge in [-0.15, -0.1) is 0 Å². The molecule has 2 aromatic carbocycles. The van der Waals surface area contributed by atoms with Crippen LogP contribution in [0.25, 0.3) is 0 Å². The van der Waals surface area contributed by atoms with Gasteiger partial charge < -0.3 is 15.2 Å². The second-order valence-corrected chi connectivity index (χ2v) is 5.90. The van der Waals surface area contributed by atoms with Crippen LogP contribution in [-0.4, -0.2) is 23.1 Å². The van der Waals surface area contributed by atoms with Crippen molar-refractivity contribution in [3.63, 3.8) is 0 Å². The maximum atomic E-state index is 12.1. The number of carboxylic acids is 1. The van der Waals surface area contributed by atoms with Gasteiger partial charge in [0.15, 0.2) is 6.10 Å². The third-order valence-electron chi connectivity index (χ3n) is 3.23. The topological polar surface area (TPSA) is 75.6 Å². The van der Waals surface area contributed by atoms with E-state index in [1.807, 2.05) is 0 Å². The summed E-state index contributed by atoms with van der Waals surface area (Å²) in [6, 6.07) is 11.0. The molecule has 0 aliphatic rings. The van der Waals surface area contributed by atoms with Gasteiger partial charge in [0.2, 0.25) is 0 Å². The molecule has 0 saturated carbocycles. The fourth-order valence-corrected chi connectivity index (χ4v) is 2.37. The average Bonchev–Trinajstić information content (AvgIpc) is 2.55. The van der Waals surface area contributed by atoms with Crippen LogP contribution >= 0.6 is 23.2 Å². The van der Waals surface area contributed by atoms with Crippen molar-refractivity contribution in [2.45, 2.75) is 19.6 Å². The third-order valence-corrected chi connectivity index (χ3v) is 3.76. The summed E-state index contributed by atoms with van der Waals surface area (Å²) in [4.78, 5) is 22.9. The Bertz CT molecular complexity index is 747. The summed E-state index contributed by atoms with van der Waals surface area (Å²) >= 11 is 11.8. The summed E-state index contributed by atoms with van der Waals surface area (Å²) in [5.41, 5.74) is 0.976. The first-order valence-corrected chi connectivity index (χ1v) is 7.84. The monoisotopic (exact) mass is 367 g/mol. The molecule has 1 atom stereocenters. The first-order chi connectivity index (χ1) is 11.4. The molecule has 0 aromatic heterocycles. The number of amides is 1. The molecule has 2 aromatic rings. The molecule has 0 saturated heterocycles. The normalized spacial score (nSPS) is 11.6. The first kappa shape index (κ1) is 18.1. The number of carbonyl (C=O) groups excluding carboxylic acids is 1. The fraction of sp³-hybridized carbons (Fsp3) is 0.176. The Kier molecular flexibility index (Phi) is 6.06. The van der Waals surface area contributed by atoms with E-state index in [1.54, 1.807) is 31.2 Å². The molecule has 2 rings (SSSR count). The predicted octanol–water partition coefficient (Wildman–Crippen LogP) is 3.78. The Morgan fingerprint density at radius 2 is 1.83 bits per heavy atom. The molecule has 1 amide bonds. The minimum absolute atomic E-state index is 0.194. The number of hydrogen-bond acceptors (Lipinski definition) is 3. The minimum atomic E-state index is -0.993. The van der Waals surface area contributed by atoms with Crippen LogP contribution in [-0.2, 0) is 11.3 Å². The van der Waals surface area contributed by atoms with Crippen LogP contribution < -0.4 is 10.1 Å². The number of rotatable bonds is 6. The number of ether oxygens (including phenoxy) is 1. The zero-order valence-corrected chi connectivity index (χ0v) is 14.3. The number of carbonyl (C=O) groups is 2. The fourth-order valence-electron chi connectivity index (χ4n) is 1.91. The molecule has 0 aliphatic heterocycles. The Hall–Kier alpha value is -2.24. The van der Waals surface area contributed by atoms with Gasteiger partial charge in [0.05, 0.1) is 10.6 Å². The maximum Gasteiger partial charge on any atom is 0.335 e. The van der Waals surface area contributed by atoms with Gasteiger partial charge in [0.25, 0.3) is 5.91 Å². The highest BCUT2D eigenvalue weighted by Crippen LogP contribution is 2.28. The second-order valence-electron chi connectivity index (χ2n) is 5.05. The number of nitrogens with one attached hydrogen (secondary N) is 1. The molecular formula is C17H15Cl2NO4. The van der Waals surface area contributed by atoms with Crippen LogP contribution in [0.4, 0.5) is 0 Å². The molecule has 5 nitrogen and oxygen atoms in total. The molecule has 0 aliphatic carbocycles. The van der Waals surface area contributed by atoms with Gasteiger partial charge in [-0.1, -0.05) is 35.3 Å². The number of halogens is 2. The molecule has 2 N–H and O–H groups in total. The lowest BCUT2D eigenvalue weighted by atomic mass is 10.1. The summed E-state index contributed by atoms with van der Waals surface area (Å²) in [7, 11) is 0. The van der Waals surface area contributed by atoms with Crippen molar-refractivity contribution in [2.24, 2.45) is 0 Å². The lowest BCUT2D eigenvalue weighted by Crippen LogP contribution is -2.35. The molecule has 126 valence electrons. The molecule has 0 heterocycles. The molecule has 0 fully saturated rings. The number of carboxylic acid groups (broad SMARTS) is 1. The SMILES string of the molecule is C[C@@H](Oc1ccc(Cl)cc1Cl)C(=O)NCc1ccc(C(=O)O)cc1. The predicted molar refractivity (Wildman–Crippen MR) is 91.8 cm³/mol. The van der Waals surface area contributed by atoms with Gasteiger partial charge in [-0.2, -0.15) is 0 Å². The summed E-state index contributed by atoms with van der Waals surface area (Å²) in [6.07, 6.45) is -0.748. The molecule has 0 bridgehead atoms. The van der Waals surface area contributed by atoms with Crippen LogP contribution in [0.1, 0.15) is 22.8 Å². The van der Waals surface area contributed by atoms with Crippen LogP contribution in [0, 0.1) is 0 Å². The van der Waals surface area contributed by atoms with Crippen molar-refractivity contribution in [1.82, 2.24) is 5.32 Å². The second kappa shape index (κ2) is 8.04. The first-order valence-electron chi connectivity index (χ1n) is 7.08. The van der Waals surface area contributed by atoms with Crippen LogP contribution in [0.3, 0.4) is 0 Å². The summed E-state index contributed by atoms with van der Waals surface area (Å²) in [5, 5.41) is 12.4. The molecular weight excluding hydrogens is 353 g/mol. The standard InChI is InChI=1S/C17H15Cl2NO4/c1-10(24-15-7-6-13(18)8-14(15)19)16(21)20-9-11-2-4-12(5-3-11)17(22)23/h2-8,10H,9H2,1H3,(H,20,21)(H,22,23)/t10-/m1/s1. The van der Waals surface area contributed by atoms with E-state index in [-0.39, 0.29) is 18.0 Å². The summed E-state index contributed by atoms with van der Waals surface area (Å²) in [6.45, 7) is 1.87. The molecule has 24 heavy (non-hydrogen) atoms. The quantitative estimate of drug-likeness (QED) is 0.814. The van der Waals surface area contributed by atoms with Crippen molar-refractivity contribution >= 4 is 35.1 Å². The lowest BCUT2D eigenvalue weighted by molar-refractivity contribution is -0.127. The Balaban J connectivity index is 1.90. The van der Waals surface area contributed by atoms with Crippen molar-refractivity contribution in [3.05, 3.63) is 63.6 Å². The van der Waals surface area contributed by atoms with E-state index < -0.39 is 12.1 Å². The van der Waals surface area contributed by atoms with E-state index in [1.165, 1.54) is 18.2 Å². The van der Waals surface area contributed by atoms with Crippen molar-refractivity contribution in [3.8, 4) is 5.75 Å². The molecule has 7 heteroatoms. The highest BCUT2D eigenvalue weighted by Gasteiger charge is 2.16. The molecule has 0 unspecified atom stereocenters. The highest BCUT2D eigenvalue weighted by molar-refractivity contribution is 6.35. The van der Waals surface area contributed by atoms with Crippen molar-refractivity contribution < 1.29 is 19.4 Å². The summed E-state index contributed by atoms with van der Waals surface area (Å²) < 4.78 is 5.52. The maximum absolute atomic E-state index is 12.1. The zero-order valence-electron chi connectivity index (χ0n) is 12.8. The Morgan fingerprint density at radius 3 is 2.42 bits per heavy atom.